The monoisotopic (exact) mass is 246 g/mol. The molecule has 1 N–H and O–H groups in total. The molecule has 0 spiro atoms. The van der Waals surface area contributed by atoms with Crippen molar-refractivity contribution in [1.29, 1.82) is 0 Å². The number of rotatable bonds is 2. The Morgan fingerprint density at radius 1 is 1.47 bits per heavy atom. The number of ether oxygens (including phenoxy) is 2. The van der Waals surface area contributed by atoms with Gasteiger partial charge in [0.2, 0.25) is 6.75 Å². The molecule has 0 bridgehead atoms. The third-order valence-electron chi connectivity index (χ3n) is 2.09. The van der Waals surface area contributed by atoms with Crippen molar-refractivity contribution in [2.24, 2.45) is 5.41 Å². The van der Waals surface area contributed by atoms with Crippen molar-refractivity contribution in [2.45, 2.75) is 26.6 Å². The number of benzene rings is 1. The van der Waals surface area contributed by atoms with E-state index < -0.39 is 38.8 Å². The summed E-state index contributed by atoms with van der Waals surface area (Å²) in [4.78, 5) is 0. The molecule has 1 aliphatic heterocycles. The summed E-state index contributed by atoms with van der Waals surface area (Å²) in [5.74, 6) is 0.0366. The molecule has 2 rings (SSSR count). The van der Waals surface area contributed by atoms with Gasteiger partial charge in [-0.25, -0.2) is 0 Å². The van der Waals surface area contributed by atoms with Gasteiger partial charge in [-0.05, 0) is 23.1 Å². The van der Waals surface area contributed by atoms with Crippen molar-refractivity contribution in [3.05, 3.63) is 29.8 Å². The summed E-state index contributed by atoms with van der Waals surface area (Å²) in [5.41, 5.74) is -3.66. The van der Waals surface area contributed by atoms with Crippen LogP contribution in [-0.4, -0.2) is 17.9 Å². The molecule has 17 heavy (non-hydrogen) atoms. The summed E-state index contributed by atoms with van der Waals surface area (Å²) < 4.78 is 101. The Morgan fingerprint density at radius 3 is 3.00 bits per heavy atom. The van der Waals surface area contributed by atoms with Crippen LogP contribution in [0.3, 0.4) is 0 Å². The van der Waals surface area contributed by atoms with Gasteiger partial charge in [-0.1, -0.05) is 38.8 Å². The zero-order valence-corrected chi connectivity index (χ0v) is 8.65. The highest BCUT2D eigenvalue weighted by Gasteiger charge is 2.19. The summed E-state index contributed by atoms with van der Waals surface area (Å²) >= 11 is 0. The van der Waals surface area contributed by atoms with E-state index in [-0.39, 0.29) is 17.1 Å². The van der Waals surface area contributed by atoms with Gasteiger partial charge in [-0.3, -0.25) is 0 Å². The Morgan fingerprint density at radius 2 is 2.24 bits per heavy atom. The second-order valence-corrected chi connectivity index (χ2v) is 3.46. The second kappa shape index (κ2) is 4.41. The van der Waals surface area contributed by atoms with Gasteiger partial charge in [0.15, 0.2) is 11.5 Å². The molecular formula is C14H18O3. The van der Waals surface area contributed by atoms with E-state index in [1.807, 2.05) is 0 Å². The van der Waals surface area contributed by atoms with E-state index in [2.05, 4.69) is 0 Å². The highest BCUT2D eigenvalue weighted by molar-refractivity contribution is 5.56. The SMILES string of the molecule is [2H]C1([2H])Oc2ccc(/C=C/C([2H])(O)C(C([2H])([2H])[2H])(C([2H])([2H])[2H])C([2H])([2H])[2H])cc2O1. The average Bonchev–Trinajstić information content (AvgIpc) is 2.73. The molecule has 1 aliphatic rings. The quantitative estimate of drug-likeness (QED) is 0.872. The van der Waals surface area contributed by atoms with Gasteiger partial charge < -0.3 is 14.6 Å². The highest BCUT2D eigenvalue weighted by Crippen LogP contribution is 2.33. The minimum atomic E-state index is -3.80. The van der Waals surface area contributed by atoms with E-state index in [9.17, 15) is 5.11 Å². The van der Waals surface area contributed by atoms with Crippen LogP contribution >= 0.6 is 0 Å². The fourth-order valence-corrected chi connectivity index (χ4v) is 1.20. The minimum absolute atomic E-state index is 0.0283. The summed E-state index contributed by atoms with van der Waals surface area (Å²) in [6, 6.07) is 3.86. The van der Waals surface area contributed by atoms with Crippen LogP contribution in [0, 0.1) is 5.41 Å². The Labute approximate surface area is 119 Å². The van der Waals surface area contributed by atoms with Crippen molar-refractivity contribution in [2.75, 3.05) is 6.75 Å². The summed E-state index contributed by atoms with van der Waals surface area (Å²) in [7, 11) is 0. The lowest BCUT2D eigenvalue weighted by Gasteiger charge is -2.22. The smallest absolute Gasteiger partial charge is 0.231 e. The van der Waals surface area contributed by atoms with E-state index in [4.69, 9.17) is 25.9 Å². The Bertz CT molecular complexity index is 767. The van der Waals surface area contributed by atoms with Crippen LogP contribution in [0.2, 0.25) is 0 Å². The minimum Gasteiger partial charge on any atom is -0.454 e. The number of fused-ring (bicyclic) bond motifs is 1. The predicted octanol–water partition coefficient (Wildman–Crippen LogP) is 2.84. The molecule has 1 atom stereocenters. The third kappa shape index (κ3) is 2.80. The Kier molecular flexibility index (Phi) is 1.04. The van der Waals surface area contributed by atoms with Gasteiger partial charge in [0, 0.05) is 12.3 Å². The summed E-state index contributed by atoms with van der Waals surface area (Å²) in [6.45, 7) is -13.7. The number of hydrogen-bond acceptors (Lipinski definition) is 3. The van der Waals surface area contributed by atoms with E-state index in [1.54, 1.807) is 0 Å². The van der Waals surface area contributed by atoms with E-state index in [0.29, 0.717) is 6.08 Å². The van der Waals surface area contributed by atoms with Gasteiger partial charge in [-0.15, -0.1) is 0 Å². The van der Waals surface area contributed by atoms with Crippen molar-refractivity contribution in [1.82, 2.24) is 0 Å². The molecule has 3 heteroatoms. The standard InChI is InChI=1S/C14H18O3/c1-14(2,3)13(15)7-5-10-4-6-11-12(8-10)17-9-16-11/h4-8,13,15H,9H2,1-3H3/b7-5+/i1D3,2D3,3D3,9D2,13D. The van der Waals surface area contributed by atoms with Crippen LogP contribution in [0.4, 0.5) is 0 Å². The largest absolute Gasteiger partial charge is 0.454 e. The molecule has 3 nitrogen and oxygen atoms in total. The number of hydrogen-bond donors (Lipinski definition) is 1. The maximum Gasteiger partial charge on any atom is 0.231 e. The van der Waals surface area contributed by atoms with Crippen LogP contribution in [0.5, 0.6) is 11.5 Å². The summed E-state index contributed by atoms with van der Waals surface area (Å²) in [5, 5.41) is 10.6. The van der Waals surface area contributed by atoms with E-state index >= 15 is 0 Å². The molecule has 92 valence electrons. The van der Waals surface area contributed by atoms with Crippen LogP contribution < -0.4 is 9.47 Å². The van der Waals surface area contributed by atoms with Crippen molar-refractivity contribution >= 4 is 6.08 Å². The summed E-state index contributed by atoms with van der Waals surface area (Å²) in [6.07, 6.45) is -2.15. The van der Waals surface area contributed by atoms with Crippen molar-refractivity contribution < 1.29 is 31.0 Å². The molecule has 0 fully saturated rings. The average molecular weight is 246 g/mol. The maximum atomic E-state index is 10.6. The normalized spacial score (nSPS) is 33.9. The van der Waals surface area contributed by atoms with Gasteiger partial charge >= 0.3 is 0 Å². The van der Waals surface area contributed by atoms with Crippen molar-refractivity contribution in [3.8, 4) is 11.5 Å². The predicted molar refractivity (Wildman–Crippen MR) is 67.1 cm³/mol. The topological polar surface area (TPSA) is 38.7 Å². The van der Waals surface area contributed by atoms with Gasteiger partial charge in [-0.2, -0.15) is 0 Å². The zero-order chi connectivity index (χ0) is 22.7. The molecule has 0 aromatic heterocycles. The first-order chi connectivity index (χ1) is 12.8. The van der Waals surface area contributed by atoms with Gasteiger partial charge in [0.25, 0.3) is 0 Å². The molecule has 0 amide bonds. The first-order valence-electron chi connectivity index (χ1n) is 10.7. The van der Waals surface area contributed by atoms with Crippen LogP contribution in [0.1, 0.15) is 42.6 Å². The lowest BCUT2D eigenvalue weighted by molar-refractivity contribution is 0.106. The van der Waals surface area contributed by atoms with E-state index in [1.165, 1.54) is 18.2 Å². The molecule has 1 aromatic rings. The second-order valence-electron chi connectivity index (χ2n) is 3.46. The van der Waals surface area contributed by atoms with Crippen LogP contribution in [0.25, 0.3) is 6.08 Å². The maximum absolute atomic E-state index is 10.6. The van der Waals surface area contributed by atoms with Crippen LogP contribution in [0.15, 0.2) is 24.3 Å². The molecule has 0 radical (unpaired) electrons. The van der Waals surface area contributed by atoms with Crippen LogP contribution in [-0.2, 0) is 0 Å². The first kappa shape index (κ1) is 4.02. The number of aliphatic hydroxyl groups is 1. The van der Waals surface area contributed by atoms with Gasteiger partial charge in [0.05, 0.1) is 7.45 Å². The van der Waals surface area contributed by atoms with Gasteiger partial charge in [0.1, 0.15) is 2.74 Å². The third-order valence-corrected chi connectivity index (χ3v) is 2.09. The molecule has 1 heterocycles. The lowest BCUT2D eigenvalue weighted by atomic mass is 9.89. The molecule has 1 unspecified atom stereocenters. The highest BCUT2D eigenvalue weighted by atomic mass is 16.7. The fourth-order valence-electron chi connectivity index (χ4n) is 1.20. The lowest BCUT2D eigenvalue weighted by Crippen LogP contribution is -2.23. The van der Waals surface area contributed by atoms with E-state index in [0.717, 1.165) is 6.08 Å². The molecule has 1 aromatic carbocycles. The molecule has 0 saturated heterocycles. The zero-order valence-electron chi connectivity index (χ0n) is 20.7. The fraction of sp³-hybridized carbons (Fsp3) is 0.429. The molecule has 0 saturated carbocycles. The van der Waals surface area contributed by atoms with Crippen molar-refractivity contribution in [3.63, 3.8) is 0 Å². The Hall–Kier alpha value is -1.48. The first-order valence-corrected chi connectivity index (χ1v) is 4.69. The Balaban J connectivity index is 2.55. The molecular weight excluding hydrogens is 216 g/mol. The molecule has 0 aliphatic carbocycles.